The first-order valence-corrected chi connectivity index (χ1v) is 7.93. The van der Waals surface area contributed by atoms with E-state index >= 15 is 0 Å². The normalized spacial score (nSPS) is 11.6. The Kier molecular flexibility index (Phi) is 6.35. The van der Waals surface area contributed by atoms with Crippen molar-refractivity contribution in [2.45, 2.75) is 19.4 Å². The number of rotatable bonds is 5. The number of benzene rings is 2. The van der Waals surface area contributed by atoms with Crippen LogP contribution in [0.1, 0.15) is 23.6 Å². The van der Waals surface area contributed by atoms with Gasteiger partial charge in [-0.05, 0) is 36.6 Å². The van der Waals surface area contributed by atoms with Gasteiger partial charge >= 0.3 is 11.8 Å². The van der Waals surface area contributed by atoms with Crippen molar-refractivity contribution in [3.8, 4) is 0 Å². The molecule has 2 aromatic rings. The minimum Gasteiger partial charge on any atom is -0.396 e. The number of carbonyl (C=O) groups excluding carboxylic acids is 2. The molecule has 1 unspecified atom stereocenters. The zero-order chi connectivity index (χ0) is 17.5. The summed E-state index contributed by atoms with van der Waals surface area (Å²) in [6.07, 6.45) is 0.314. The molecule has 2 aromatic carbocycles. The Morgan fingerprint density at radius 3 is 2.46 bits per heavy atom. The molecule has 1 atom stereocenters. The summed E-state index contributed by atoms with van der Waals surface area (Å²) in [6.45, 7) is 1.77. The molecule has 0 aliphatic rings. The van der Waals surface area contributed by atoms with E-state index < -0.39 is 17.9 Å². The van der Waals surface area contributed by atoms with Gasteiger partial charge in [-0.2, -0.15) is 0 Å². The average Bonchev–Trinajstić information content (AvgIpc) is 2.57. The van der Waals surface area contributed by atoms with E-state index in [1.54, 1.807) is 18.2 Å². The van der Waals surface area contributed by atoms with Gasteiger partial charge < -0.3 is 15.7 Å². The molecule has 0 spiro atoms. The van der Waals surface area contributed by atoms with Gasteiger partial charge in [0, 0.05) is 6.61 Å². The van der Waals surface area contributed by atoms with Gasteiger partial charge in [-0.15, -0.1) is 0 Å². The molecular formula is C18H19ClN2O3. The second-order valence-electron chi connectivity index (χ2n) is 5.39. The molecule has 0 saturated carbocycles. The quantitative estimate of drug-likeness (QED) is 0.728. The molecule has 0 aliphatic carbocycles. The van der Waals surface area contributed by atoms with Crippen molar-refractivity contribution >= 4 is 29.1 Å². The minimum absolute atomic E-state index is 0.106. The van der Waals surface area contributed by atoms with Crippen molar-refractivity contribution in [3.63, 3.8) is 0 Å². The van der Waals surface area contributed by atoms with Crippen LogP contribution in [-0.4, -0.2) is 23.5 Å². The van der Waals surface area contributed by atoms with Crippen LogP contribution in [0.25, 0.3) is 0 Å². The van der Waals surface area contributed by atoms with Crippen molar-refractivity contribution in [1.82, 2.24) is 5.32 Å². The lowest BCUT2D eigenvalue weighted by molar-refractivity contribution is -0.136. The van der Waals surface area contributed by atoms with Crippen molar-refractivity contribution in [2.24, 2.45) is 0 Å². The van der Waals surface area contributed by atoms with Crippen LogP contribution < -0.4 is 10.6 Å². The number of aryl methyl sites for hydroxylation is 1. The molecule has 24 heavy (non-hydrogen) atoms. The predicted octanol–water partition coefficient (Wildman–Crippen LogP) is 2.83. The van der Waals surface area contributed by atoms with E-state index in [1.807, 2.05) is 37.3 Å². The third-order valence-corrected chi connectivity index (χ3v) is 3.82. The summed E-state index contributed by atoms with van der Waals surface area (Å²) in [5.41, 5.74) is 2.15. The van der Waals surface area contributed by atoms with E-state index in [-0.39, 0.29) is 6.61 Å². The molecule has 3 N–H and O–H groups in total. The lowest BCUT2D eigenvalue weighted by Crippen LogP contribution is -2.38. The fourth-order valence-electron chi connectivity index (χ4n) is 2.26. The van der Waals surface area contributed by atoms with Gasteiger partial charge in [0.1, 0.15) is 0 Å². The van der Waals surface area contributed by atoms with E-state index in [9.17, 15) is 14.7 Å². The SMILES string of the molecule is Cc1ccc(NC(=O)C(=O)NC(CCO)c2ccccc2)c(Cl)c1. The number of anilines is 1. The van der Waals surface area contributed by atoms with E-state index in [1.165, 1.54) is 0 Å². The molecule has 126 valence electrons. The van der Waals surface area contributed by atoms with Crippen molar-refractivity contribution < 1.29 is 14.7 Å². The van der Waals surface area contributed by atoms with Gasteiger partial charge in [0.2, 0.25) is 0 Å². The van der Waals surface area contributed by atoms with E-state index in [0.29, 0.717) is 17.1 Å². The maximum atomic E-state index is 12.1. The maximum Gasteiger partial charge on any atom is 0.313 e. The van der Waals surface area contributed by atoms with Crippen LogP contribution in [0, 0.1) is 6.92 Å². The summed E-state index contributed by atoms with van der Waals surface area (Å²) in [4.78, 5) is 24.2. The molecule has 6 heteroatoms. The maximum absolute atomic E-state index is 12.1. The summed E-state index contributed by atoms with van der Waals surface area (Å²) < 4.78 is 0. The van der Waals surface area contributed by atoms with Crippen LogP contribution in [0.5, 0.6) is 0 Å². The first-order valence-electron chi connectivity index (χ1n) is 7.55. The number of carbonyl (C=O) groups is 2. The van der Waals surface area contributed by atoms with Gasteiger partial charge in [-0.3, -0.25) is 9.59 Å². The highest BCUT2D eigenvalue weighted by molar-refractivity contribution is 6.41. The Hall–Kier alpha value is -2.37. The third-order valence-electron chi connectivity index (χ3n) is 3.50. The minimum atomic E-state index is -0.806. The number of hydrogen-bond acceptors (Lipinski definition) is 3. The lowest BCUT2D eigenvalue weighted by atomic mass is 10.0. The first-order chi connectivity index (χ1) is 11.5. The van der Waals surface area contributed by atoms with Crippen molar-refractivity contribution in [3.05, 3.63) is 64.7 Å². The summed E-state index contributed by atoms with van der Waals surface area (Å²) in [7, 11) is 0. The molecule has 0 saturated heterocycles. The summed E-state index contributed by atoms with van der Waals surface area (Å²) in [6, 6.07) is 13.9. The van der Waals surface area contributed by atoms with Crippen LogP contribution in [0.3, 0.4) is 0 Å². The Bertz CT molecular complexity index is 719. The molecule has 0 aromatic heterocycles. The number of aliphatic hydroxyl groups is 1. The second-order valence-corrected chi connectivity index (χ2v) is 5.79. The Morgan fingerprint density at radius 2 is 1.83 bits per heavy atom. The monoisotopic (exact) mass is 346 g/mol. The predicted molar refractivity (Wildman–Crippen MR) is 93.8 cm³/mol. The van der Waals surface area contributed by atoms with Gasteiger partial charge in [-0.25, -0.2) is 0 Å². The summed E-state index contributed by atoms with van der Waals surface area (Å²) in [5.74, 6) is -1.59. The molecule has 5 nitrogen and oxygen atoms in total. The molecule has 0 aliphatic heterocycles. The van der Waals surface area contributed by atoms with E-state index in [0.717, 1.165) is 11.1 Å². The number of halogens is 1. The number of aliphatic hydroxyl groups excluding tert-OH is 1. The number of hydrogen-bond donors (Lipinski definition) is 3. The van der Waals surface area contributed by atoms with Crippen LogP contribution in [0.2, 0.25) is 5.02 Å². The van der Waals surface area contributed by atoms with Gasteiger partial charge in [-0.1, -0.05) is 48.0 Å². The van der Waals surface area contributed by atoms with Crippen LogP contribution in [-0.2, 0) is 9.59 Å². The summed E-state index contributed by atoms with van der Waals surface area (Å²) >= 11 is 6.05. The van der Waals surface area contributed by atoms with Crippen molar-refractivity contribution in [2.75, 3.05) is 11.9 Å². The Labute approximate surface area is 145 Å². The Morgan fingerprint density at radius 1 is 1.12 bits per heavy atom. The highest BCUT2D eigenvalue weighted by atomic mass is 35.5. The zero-order valence-corrected chi connectivity index (χ0v) is 14.0. The fourth-order valence-corrected chi connectivity index (χ4v) is 2.54. The molecule has 0 bridgehead atoms. The van der Waals surface area contributed by atoms with Gasteiger partial charge in [0.15, 0.2) is 0 Å². The fraction of sp³-hybridized carbons (Fsp3) is 0.222. The molecule has 0 heterocycles. The number of amides is 2. The average molecular weight is 347 g/mol. The standard InChI is InChI=1S/C18H19ClN2O3/c1-12-7-8-16(14(19)11-12)21-18(24)17(23)20-15(9-10-22)13-5-3-2-4-6-13/h2-8,11,15,22H,9-10H2,1H3,(H,20,23)(H,21,24). The van der Waals surface area contributed by atoms with Crippen molar-refractivity contribution in [1.29, 1.82) is 0 Å². The second kappa shape index (κ2) is 8.47. The zero-order valence-electron chi connectivity index (χ0n) is 13.3. The largest absolute Gasteiger partial charge is 0.396 e. The van der Waals surface area contributed by atoms with Gasteiger partial charge in [0.05, 0.1) is 16.8 Å². The third kappa shape index (κ3) is 4.81. The van der Waals surface area contributed by atoms with Crippen LogP contribution >= 0.6 is 11.6 Å². The summed E-state index contributed by atoms with van der Waals surface area (Å²) in [5, 5.41) is 14.7. The molecule has 0 fully saturated rings. The van der Waals surface area contributed by atoms with Gasteiger partial charge in [0.25, 0.3) is 0 Å². The lowest BCUT2D eigenvalue weighted by Gasteiger charge is -2.18. The molecule has 2 rings (SSSR count). The van der Waals surface area contributed by atoms with E-state index in [2.05, 4.69) is 10.6 Å². The highest BCUT2D eigenvalue weighted by Gasteiger charge is 2.20. The van der Waals surface area contributed by atoms with E-state index in [4.69, 9.17) is 11.6 Å². The smallest absolute Gasteiger partial charge is 0.313 e. The molecular weight excluding hydrogens is 328 g/mol. The number of nitrogens with one attached hydrogen (secondary N) is 2. The molecule has 0 radical (unpaired) electrons. The first kappa shape index (κ1) is 18.0. The van der Waals surface area contributed by atoms with Crippen LogP contribution in [0.15, 0.2) is 48.5 Å². The Balaban J connectivity index is 2.05. The van der Waals surface area contributed by atoms with Crippen LogP contribution in [0.4, 0.5) is 5.69 Å². The highest BCUT2D eigenvalue weighted by Crippen LogP contribution is 2.22. The molecule has 2 amide bonds. The topological polar surface area (TPSA) is 78.4 Å².